The molecule has 0 radical (unpaired) electrons. The van der Waals surface area contributed by atoms with E-state index in [4.69, 9.17) is 4.74 Å². The number of nitrogens with one attached hydrogen (secondary N) is 1. The summed E-state index contributed by atoms with van der Waals surface area (Å²) in [6, 6.07) is 1.37. The van der Waals surface area contributed by atoms with Gasteiger partial charge in [0, 0.05) is 31.2 Å². The Bertz CT molecular complexity index is 543. The van der Waals surface area contributed by atoms with Gasteiger partial charge in [-0.2, -0.15) is 0 Å². The van der Waals surface area contributed by atoms with Crippen molar-refractivity contribution in [3.63, 3.8) is 0 Å². The minimum absolute atomic E-state index is 0.0183. The van der Waals surface area contributed by atoms with Crippen molar-refractivity contribution in [1.82, 2.24) is 15.1 Å². The summed E-state index contributed by atoms with van der Waals surface area (Å²) in [4.78, 5) is 28.3. The summed E-state index contributed by atoms with van der Waals surface area (Å²) in [7, 11) is 0. The van der Waals surface area contributed by atoms with E-state index in [0.717, 1.165) is 50.0 Å². The third-order valence-electron chi connectivity index (χ3n) is 7.37. The molecule has 26 heavy (non-hydrogen) atoms. The fourth-order valence-corrected chi connectivity index (χ4v) is 5.68. The molecule has 3 aliphatic heterocycles. The van der Waals surface area contributed by atoms with E-state index in [1.54, 1.807) is 6.92 Å². The standard InChI is InChI=1S/C20H33N3O3/c1-4-26-20(25)23-14-5-6-15(23)8-16(7-14)22-10-18-17(19(18)11-22)9-21-12(2)13(3)24/h12,14-19,21H,4-11H2,1-3H3. The molecular formula is C20H33N3O3. The molecule has 3 saturated heterocycles. The first kappa shape index (κ1) is 18.2. The Labute approximate surface area is 156 Å². The first-order chi connectivity index (χ1) is 12.5. The molecule has 0 aromatic rings. The summed E-state index contributed by atoms with van der Waals surface area (Å²) in [5.41, 5.74) is 0. The number of likely N-dealkylation sites (tertiary alicyclic amines) is 1. The van der Waals surface area contributed by atoms with Gasteiger partial charge in [0.2, 0.25) is 0 Å². The molecule has 5 atom stereocenters. The van der Waals surface area contributed by atoms with Gasteiger partial charge >= 0.3 is 6.09 Å². The van der Waals surface area contributed by atoms with Gasteiger partial charge in [-0.05, 0) is 70.8 Å². The Balaban J connectivity index is 1.25. The molecule has 4 rings (SSSR count). The zero-order chi connectivity index (χ0) is 18.4. The van der Waals surface area contributed by atoms with Crippen LogP contribution in [-0.2, 0) is 9.53 Å². The average molecular weight is 364 g/mol. The molecule has 3 heterocycles. The van der Waals surface area contributed by atoms with Gasteiger partial charge in [-0.15, -0.1) is 0 Å². The number of carbonyl (C=O) groups is 2. The second kappa shape index (κ2) is 7.12. The third-order valence-corrected chi connectivity index (χ3v) is 7.37. The lowest BCUT2D eigenvalue weighted by molar-refractivity contribution is -0.118. The molecule has 2 bridgehead atoms. The van der Waals surface area contributed by atoms with Crippen molar-refractivity contribution >= 4 is 11.9 Å². The number of hydrogen-bond donors (Lipinski definition) is 1. The van der Waals surface area contributed by atoms with Crippen molar-refractivity contribution in [1.29, 1.82) is 0 Å². The Kier molecular flexibility index (Phi) is 4.99. The number of fused-ring (bicyclic) bond motifs is 3. The molecule has 146 valence electrons. The molecule has 1 aliphatic carbocycles. The van der Waals surface area contributed by atoms with Crippen molar-refractivity contribution in [3.05, 3.63) is 0 Å². The number of rotatable bonds is 6. The zero-order valence-electron chi connectivity index (χ0n) is 16.3. The fraction of sp³-hybridized carbons (Fsp3) is 0.900. The van der Waals surface area contributed by atoms with Gasteiger partial charge in [0.05, 0.1) is 12.6 Å². The maximum atomic E-state index is 12.2. The quantitative estimate of drug-likeness (QED) is 0.781. The summed E-state index contributed by atoms with van der Waals surface area (Å²) in [5.74, 6) is 2.59. The molecule has 5 unspecified atom stereocenters. The number of ketones is 1. The second-order valence-corrected chi connectivity index (χ2v) is 8.80. The van der Waals surface area contributed by atoms with Crippen molar-refractivity contribution in [3.8, 4) is 0 Å². The smallest absolute Gasteiger partial charge is 0.410 e. The number of nitrogens with zero attached hydrogens (tertiary/aromatic N) is 2. The summed E-state index contributed by atoms with van der Waals surface area (Å²) in [6.07, 6.45) is 4.39. The van der Waals surface area contributed by atoms with Crippen LogP contribution in [0.3, 0.4) is 0 Å². The van der Waals surface area contributed by atoms with E-state index in [9.17, 15) is 9.59 Å². The van der Waals surface area contributed by atoms with Crippen LogP contribution in [0.5, 0.6) is 0 Å². The van der Waals surface area contributed by atoms with Crippen molar-refractivity contribution in [2.24, 2.45) is 17.8 Å². The Morgan fingerprint density at radius 1 is 1.12 bits per heavy atom. The van der Waals surface area contributed by atoms with Crippen LogP contribution < -0.4 is 5.32 Å². The predicted molar refractivity (Wildman–Crippen MR) is 98.9 cm³/mol. The lowest BCUT2D eigenvalue weighted by Crippen LogP contribution is -2.52. The molecule has 1 amide bonds. The Morgan fingerprint density at radius 2 is 1.73 bits per heavy atom. The topological polar surface area (TPSA) is 61.9 Å². The van der Waals surface area contributed by atoms with Gasteiger partial charge in [0.1, 0.15) is 5.78 Å². The van der Waals surface area contributed by atoms with Crippen LogP contribution in [0.4, 0.5) is 4.79 Å². The van der Waals surface area contributed by atoms with Gasteiger partial charge in [0.25, 0.3) is 0 Å². The molecular weight excluding hydrogens is 330 g/mol. The monoisotopic (exact) mass is 363 g/mol. The van der Waals surface area contributed by atoms with Crippen molar-refractivity contribution < 1.29 is 14.3 Å². The molecule has 4 fully saturated rings. The number of carbonyl (C=O) groups excluding carboxylic acids is 2. The SMILES string of the molecule is CCOC(=O)N1C2CCC1CC(N1CC3C(CNC(C)C(C)=O)C3C1)C2. The third kappa shape index (κ3) is 3.26. The highest BCUT2D eigenvalue weighted by Crippen LogP contribution is 2.53. The largest absolute Gasteiger partial charge is 0.450 e. The number of hydrogen-bond acceptors (Lipinski definition) is 5. The van der Waals surface area contributed by atoms with Crippen LogP contribution >= 0.6 is 0 Å². The minimum Gasteiger partial charge on any atom is -0.450 e. The summed E-state index contributed by atoms with van der Waals surface area (Å²) < 4.78 is 5.27. The maximum Gasteiger partial charge on any atom is 0.410 e. The summed E-state index contributed by atoms with van der Waals surface area (Å²) >= 11 is 0. The van der Waals surface area contributed by atoms with E-state index in [2.05, 4.69) is 10.2 Å². The molecule has 0 aromatic carbocycles. The van der Waals surface area contributed by atoms with Gasteiger partial charge in [0.15, 0.2) is 0 Å². The summed E-state index contributed by atoms with van der Waals surface area (Å²) in [5, 5.41) is 3.40. The molecule has 6 heteroatoms. The number of piperidine rings is 2. The van der Waals surface area contributed by atoms with Crippen LogP contribution in [0.25, 0.3) is 0 Å². The van der Waals surface area contributed by atoms with Crippen LogP contribution in [0.15, 0.2) is 0 Å². The van der Waals surface area contributed by atoms with Gasteiger partial charge in [-0.25, -0.2) is 4.79 Å². The Morgan fingerprint density at radius 3 is 2.27 bits per heavy atom. The average Bonchev–Trinajstić information content (AvgIpc) is 2.93. The highest BCUT2D eigenvalue weighted by Gasteiger charge is 2.57. The van der Waals surface area contributed by atoms with Crippen molar-refractivity contribution in [2.45, 2.75) is 70.6 Å². The van der Waals surface area contributed by atoms with Crippen LogP contribution in [0.2, 0.25) is 0 Å². The molecule has 6 nitrogen and oxygen atoms in total. The van der Waals surface area contributed by atoms with Crippen LogP contribution in [0.1, 0.15) is 46.5 Å². The fourth-order valence-electron chi connectivity index (χ4n) is 5.68. The molecule has 1 N–H and O–H groups in total. The number of Topliss-reactive ketones (excluding diaryl/α,β-unsaturated/α-hetero) is 1. The van der Waals surface area contributed by atoms with E-state index in [-0.39, 0.29) is 17.9 Å². The first-order valence-corrected chi connectivity index (χ1v) is 10.4. The van der Waals surface area contributed by atoms with E-state index in [1.807, 2.05) is 18.7 Å². The highest BCUT2D eigenvalue weighted by molar-refractivity contribution is 5.80. The Hall–Kier alpha value is -1.14. The van der Waals surface area contributed by atoms with E-state index >= 15 is 0 Å². The van der Waals surface area contributed by atoms with E-state index < -0.39 is 0 Å². The van der Waals surface area contributed by atoms with E-state index in [1.165, 1.54) is 13.1 Å². The lowest BCUT2D eigenvalue weighted by atomic mass is 9.96. The van der Waals surface area contributed by atoms with Gasteiger partial charge in [-0.1, -0.05) is 0 Å². The van der Waals surface area contributed by atoms with Gasteiger partial charge in [-0.3, -0.25) is 9.69 Å². The first-order valence-electron chi connectivity index (χ1n) is 10.4. The van der Waals surface area contributed by atoms with Crippen LogP contribution in [-0.4, -0.2) is 72.1 Å². The lowest BCUT2D eigenvalue weighted by Gasteiger charge is -2.42. The second-order valence-electron chi connectivity index (χ2n) is 8.80. The highest BCUT2D eigenvalue weighted by atomic mass is 16.6. The van der Waals surface area contributed by atoms with Gasteiger partial charge < -0.3 is 15.0 Å². The zero-order valence-corrected chi connectivity index (χ0v) is 16.3. The normalized spacial score (nSPS) is 39.6. The van der Waals surface area contributed by atoms with Crippen LogP contribution in [0, 0.1) is 17.8 Å². The maximum absolute atomic E-state index is 12.2. The molecule has 0 aromatic heterocycles. The van der Waals surface area contributed by atoms with E-state index in [0.29, 0.717) is 24.7 Å². The number of amides is 1. The van der Waals surface area contributed by atoms with Crippen molar-refractivity contribution in [2.75, 3.05) is 26.2 Å². The minimum atomic E-state index is -0.103. The summed E-state index contributed by atoms with van der Waals surface area (Å²) in [6.45, 7) is 9.35. The molecule has 4 aliphatic rings. The predicted octanol–water partition coefficient (Wildman–Crippen LogP) is 1.88. The molecule has 0 spiro atoms. The molecule has 1 saturated carbocycles. The number of ether oxygens (including phenoxy) is 1.